The first-order chi connectivity index (χ1) is 12.2. The lowest BCUT2D eigenvalue weighted by Gasteiger charge is -2.32. The van der Waals surface area contributed by atoms with Crippen molar-refractivity contribution in [2.45, 2.75) is 31.4 Å². The van der Waals surface area contributed by atoms with Gasteiger partial charge in [-0.2, -0.15) is 0 Å². The first-order valence-electron chi connectivity index (χ1n) is 8.98. The third-order valence-electron chi connectivity index (χ3n) is 4.77. The molecule has 1 heterocycles. The van der Waals surface area contributed by atoms with E-state index in [0.717, 1.165) is 25.0 Å². The SMILES string of the molecule is NC(CC(=O)NCC1CCCOC1c1ccccc1)c1ccccc1. The molecule has 3 unspecified atom stereocenters. The standard InChI is InChI=1S/C21H26N2O2/c22-19(16-8-3-1-4-9-16)14-20(24)23-15-18-12-7-13-25-21(18)17-10-5-2-6-11-17/h1-6,8-11,18-19,21H,7,12-15,22H2,(H,23,24). The van der Waals surface area contributed by atoms with Crippen molar-refractivity contribution in [2.24, 2.45) is 11.7 Å². The molecular formula is C21H26N2O2. The van der Waals surface area contributed by atoms with Crippen molar-refractivity contribution in [3.63, 3.8) is 0 Å². The maximum Gasteiger partial charge on any atom is 0.221 e. The molecule has 2 aromatic rings. The highest BCUT2D eigenvalue weighted by molar-refractivity contribution is 5.76. The first kappa shape index (κ1) is 17.6. The maximum atomic E-state index is 12.3. The Balaban J connectivity index is 1.53. The van der Waals surface area contributed by atoms with Gasteiger partial charge >= 0.3 is 0 Å². The van der Waals surface area contributed by atoms with Crippen LogP contribution in [0.2, 0.25) is 0 Å². The van der Waals surface area contributed by atoms with E-state index in [-0.39, 0.29) is 18.1 Å². The van der Waals surface area contributed by atoms with Crippen LogP contribution >= 0.6 is 0 Å². The van der Waals surface area contributed by atoms with Crippen molar-refractivity contribution in [3.8, 4) is 0 Å². The molecule has 132 valence electrons. The number of nitrogens with one attached hydrogen (secondary N) is 1. The zero-order valence-electron chi connectivity index (χ0n) is 14.4. The lowest BCUT2D eigenvalue weighted by molar-refractivity contribution is -0.122. The van der Waals surface area contributed by atoms with Gasteiger partial charge in [0.1, 0.15) is 0 Å². The molecule has 3 atom stereocenters. The molecule has 2 aromatic carbocycles. The summed E-state index contributed by atoms with van der Waals surface area (Å²) >= 11 is 0. The van der Waals surface area contributed by atoms with Crippen LogP contribution in [0.15, 0.2) is 60.7 Å². The van der Waals surface area contributed by atoms with Gasteiger partial charge in [-0.05, 0) is 24.0 Å². The normalized spacial score (nSPS) is 21.5. The summed E-state index contributed by atoms with van der Waals surface area (Å²) in [6.07, 6.45) is 2.45. The summed E-state index contributed by atoms with van der Waals surface area (Å²) in [5.41, 5.74) is 8.31. The molecule has 25 heavy (non-hydrogen) atoms. The van der Waals surface area contributed by atoms with Crippen molar-refractivity contribution >= 4 is 5.91 Å². The molecular weight excluding hydrogens is 312 g/mol. The van der Waals surface area contributed by atoms with Gasteiger partial charge in [-0.3, -0.25) is 4.79 Å². The Morgan fingerprint density at radius 1 is 1.12 bits per heavy atom. The zero-order chi connectivity index (χ0) is 17.5. The van der Waals surface area contributed by atoms with Gasteiger partial charge in [0.15, 0.2) is 0 Å². The van der Waals surface area contributed by atoms with Crippen LogP contribution in [0.4, 0.5) is 0 Å². The molecule has 0 aromatic heterocycles. The quantitative estimate of drug-likeness (QED) is 0.849. The number of carbonyl (C=O) groups is 1. The second kappa shape index (κ2) is 8.79. The van der Waals surface area contributed by atoms with E-state index in [1.165, 1.54) is 5.56 Å². The van der Waals surface area contributed by atoms with Gasteiger partial charge < -0.3 is 15.8 Å². The second-order valence-corrected chi connectivity index (χ2v) is 6.63. The van der Waals surface area contributed by atoms with E-state index in [1.54, 1.807) is 0 Å². The number of ether oxygens (including phenoxy) is 1. The molecule has 0 saturated carbocycles. The minimum absolute atomic E-state index is 0.00580. The summed E-state index contributed by atoms with van der Waals surface area (Å²) in [6, 6.07) is 19.7. The first-order valence-corrected chi connectivity index (χ1v) is 8.98. The highest BCUT2D eigenvalue weighted by atomic mass is 16.5. The average molecular weight is 338 g/mol. The lowest BCUT2D eigenvalue weighted by atomic mass is 9.89. The second-order valence-electron chi connectivity index (χ2n) is 6.63. The predicted octanol–water partition coefficient (Wildman–Crippen LogP) is 3.36. The lowest BCUT2D eigenvalue weighted by Crippen LogP contribution is -2.36. The van der Waals surface area contributed by atoms with Crippen LogP contribution in [0.1, 0.15) is 42.5 Å². The average Bonchev–Trinajstić information content (AvgIpc) is 2.68. The fourth-order valence-electron chi connectivity index (χ4n) is 3.40. The minimum Gasteiger partial charge on any atom is -0.373 e. The Hall–Kier alpha value is -2.17. The maximum absolute atomic E-state index is 12.3. The van der Waals surface area contributed by atoms with E-state index in [4.69, 9.17) is 10.5 Å². The number of hydrogen-bond acceptors (Lipinski definition) is 3. The third-order valence-corrected chi connectivity index (χ3v) is 4.77. The summed E-state index contributed by atoms with van der Waals surface area (Å²) in [6.45, 7) is 1.41. The van der Waals surface area contributed by atoms with E-state index in [1.807, 2.05) is 48.5 Å². The van der Waals surface area contributed by atoms with E-state index in [9.17, 15) is 4.79 Å². The van der Waals surface area contributed by atoms with Crippen molar-refractivity contribution in [1.82, 2.24) is 5.32 Å². The molecule has 1 saturated heterocycles. The van der Waals surface area contributed by atoms with Crippen LogP contribution in [0.25, 0.3) is 0 Å². The Bertz CT molecular complexity index is 660. The summed E-state index contributed by atoms with van der Waals surface area (Å²) in [5.74, 6) is 0.293. The number of amides is 1. The number of nitrogens with two attached hydrogens (primary N) is 1. The smallest absolute Gasteiger partial charge is 0.221 e. The van der Waals surface area contributed by atoms with Crippen molar-refractivity contribution in [1.29, 1.82) is 0 Å². The van der Waals surface area contributed by atoms with Crippen LogP contribution < -0.4 is 11.1 Å². The van der Waals surface area contributed by atoms with Crippen LogP contribution in [0.3, 0.4) is 0 Å². The van der Waals surface area contributed by atoms with Gasteiger partial charge in [0.25, 0.3) is 0 Å². The number of rotatable bonds is 6. The molecule has 1 amide bonds. The predicted molar refractivity (Wildman–Crippen MR) is 98.9 cm³/mol. The molecule has 0 radical (unpaired) electrons. The Kier molecular flexibility index (Phi) is 6.20. The molecule has 1 fully saturated rings. The Morgan fingerprint density at radius 3 is 2.52 bits per heavy atom. The van der Waals surface area contributed by atoms with E-state index < -0.39 is 0 Å². The molecule has 0 spiro atoms. The summed E-state index contributed by atoms with van der Waals surface area (Å²) in [5, 5.41) is 3.05. The van der Waals surface area contributed by atoms with Gasteiger partial charge in [0.05, 0.1) is 6.10 Å². The van der Waals surface area contributed by atoms with Gasteiger partial charge in [0.2, 0.25) is 5.91 Å². The van der Waals surface area contributed by atoms with Crippen LogP contribution in [-0.4, -0.2) is 19.1 Å². The molecule has 1 aliphatic rings. The van der Waals surface area contributed by atoms with Gasteiger partial charge in [0, 0.05) is 31.5 Å². The highest BCUT2D eigenvalue weighted by Crippen LogP contribution is 2.33. The van der Waals surface area contributed by atoms with Gasteiger partial charge in [-0.1, -0.05) is 60.7 Å². The third kappa shape index (κ3) is 4.91. The van der Waals surface area contributed by atoms with Gasteiger partial charge in [-0.15, -0.1) is 0 Å². The summed E-state index contributed by atoms with van der Waals surface area (Å²) < 4.78 is 5.98. The fourth-order valence-corrected chi connectivity index (χ4v) is 3.40. The molecule has 4 heteroatoms. The Labute approximate surface area is 149 Å². The molecule has 3 rings (SSSR count). The molecule has 1 aliphatic heterocycles. The van der Waals surface area contributed by atoms with Crippen LogP contribution in [-0.2, 0) is 9.53 Å². The Morgan fingerprint density at radius 2 is 1.80 bits per heavy atom. The van der Waals surface area contributed by atoms with Crippen molar-refractivity contribution in [3.05, 3.63) is 71.8 Å². The molecule has 4 nitrogen and oxygen atoms in total. The number of hydrogen-bond donors (Lipinski definition) is 2. The largest absolute Gasteiger partial charge is 0.373 e. The minimum atomic E-state index is -0.270. The number of carbonyl (C=O) groups excluding carboxylic acids is 1. The monoisotopic (exact) mass is 338 g/mol. The van der Waals surface area contributed by atoms with Crippen molar-refractivity contribution < 1.29 is 9.53 Å². The van der Waals surface area contributed by atoms with E-state index >= 15 is 0 Å². The molecule has 3 N–H and O–H groups in total. The van der Waals surface area contributed by atoms with E-state index in [2.05, 4.69) is 17.4 Å². The van der Waals surface area contributed by atoms with Crippen LogP contribution in [0.5, 0.6) is 0 Å². The zero-order valence-corrected chi connectivity index (χ0v) is 14.4. The summed E-state index contributed by atoms with van der Waals surface area (Å²) in [7, 11) is 0. The van der Waals surface area contributed by atoms with E-state index in [0.29, 0.717) is 18.9 Å². The number of benzene rings is 2. The molecule has 0 aliphatic carbocycles. The summed E-state index contributed by atoms with van der Waals surface area (Å²) in [4.78, 5) is 12.3. The van der Waals surface area contributed by atoms with Crippen molar-refractivity contribution in [2.75, 3.05) is 13.2 Å². The highest BCUT2D eigenvalue weighted by Gasteiger charge is 2.27. The molecule has 0 bridgehead atoms. The fraction of sp³-hybridized carbons (Fsp3) is 0.381. The van der Waals surface area contributed by atoms with Crippen LogP contribution in [0, 0.1) is 5.92 Å². The topological polar surface area (TPSA) is 64.4 Å². The van der Waals surface area contributed by atoms with Gasteiger partial charge in [-0.25, -0.2) is 0 Å².